The molecule has 128 valence electrons. The van der Waals surface area contributed by atoms with Crippen LogP contribution in [0, 0.1) is 0 Å². The molecule has 1 N–H and O–H groups in total. The first-order valence-corrected chi connectivity index (χ1v) is 7.93. The monoisotopic (exact) mass is 328 g/mol. The van der Waals surface area contributed by atoms with Crippen LogP contribution < -0.4 is 14.8 Å². The highest BCUT2D eigenvalue weighted by Gasteiger charge is 2.17. The summed E-state index contributed by atoms with van der Waals surface area (Å²) in [7, 11) is 3.54. The second-order valence-electron chi connectivity index (χ2n) is 5.54. The molecular weight excluding hydrogens is 304 g/mol. The molecule has 1 amide bonds. The number of hydrogen-bond acceptors (Lipinski definition) is 4. The molecule has 0 heterocycles. The molecule has 0 saturated carbocycles. The summed E-state index contributed by atoms with van der Waals surface area (Å²) < 4.78 is 10.8. The average molecular weight is 328 g/mol. The Morgan fingerprint density at radius 3 is 2.33 bits per heavy atom. The maximum Gasteiger partial charge on any atom is 0.241 e. The van der Waals surface area contributed by atoms with Gasteiger partial charge in [0.25, 0.3) is 0 Å². The van der Waals surface area contributed by atoms with Crippen LogP contribution in [-0.4, -0.2) is 44.2 Å². The Morgan fingerprint density at radius 2 is 1.71 bits per heavy atom. The lowest BCUT2D eigenvalue weighted by Crippen LogP contribution is -2.41. The molecule has 2 rings (SSSR count). The van der Waals surface area contributed by atoms with E-state index in [0.29, 0.717) is 13.2 Å². The molecule has 24 heavy (non-hydrogen) atoms. The highest BCUT2D eigenvalue weighted by molar-refractivity contribution is 5.94. The maximum absolute atomic E-state index is 12.3. The number of rotatable bonds is 8. The summed E-state index contributed by atoms with van der Waals surface area (Å²) in [5, 5.41) is 2.91. The van der Waals surface area contributed by atoms with Crippen molar-refractivity contribution >= 4 is 11.6 Å². The van der Waals surface area contributed by atoms with Crippen molar-refractivity contribution < 1.29 is 14.3 Å². The highest BCUT2D eigenvalue weighted by Crippen LogP contribution is 2.17. The normalized spacial score (nSPS) is 11.8. The van der Waals surface area contributed by atoms with Crippen LogP contribution in [0.5, 0.6) is 11.5 Å². The summed E-state index contributed by atoms with van der Waals surface area (Å²) in [6, 6.07) is 16.7. The molecule has 0 radical (unpaired) electrons. The molecule has 2 aromatic carbocycles. The van der Waals surface area contributed by atoms with E-state index in [1.807, 2.05) is 73.5 Å². The fraction of sp³-hybridized carbons (Fsp3) is 0.316. The zero-order valence-corrected chi connectivity index (χ0v) is 14.4. The number of para-hydroxylation sites is 1. The molecule has 0 unspecified atom stereocenters. The third-order valence-electron chi connectivity index (χ3n) is 3.85. The molecule has 0 aliphatic rings. The zero-order chi connectivity index (χ0) is 17.4. The number of nitrogens with one attached hydrogen (secondary N) is 1. The van der Waals surface area contributed by atoms with Crippen molar-refractivity contribution in [3.05, 3.63) is 54.6 Å². The van der Waals surface area contributed by atoms with Crippen LogP contribution in [-0.2, 0) is 4.79 Å². The number of hydrogen-bond donors (Lipinski definition) is 1. The van der Waals surface area contributed by atoms with Gasteiger partial charge in [0.15, 0.2) is 0 Å². The Labute approximate surface area is 143 Å². The minimum absolute atomic E-state index is 0.0341. The summed E-state index contributed by atoms with van der Waals surface area (Å²) in [5.41, 5.74) is 0.803. The van der Waals surface area contributed by atoms with E-state index in [2.05, 4.69) is 5.32 Å². The number of methoxy groups -OCH3 is 1. The van der Waals surface area contributed by atoms with Crippen molar-refractivity contribution in [1.29, 1.82) is 0 Å². The fourth-order valence-corrected chi connectivity index (χ4v) is 2.14. The minimum Gasteiger partial charge on any atom is -0.497 e. The number of benzene rings is 2. The van der Waals surface area contributed by atoms with Gasteiger partial charge >= 0.3 is 0 Å². The van der Waals surface area contributed by atoms with Crippen LogP contribution in [0.3, 0.4) is 0 Å². The average Bonchev–Trinajstić information content (AvgIpc) is 2.62. The summed E-state index contributed by atoms with van der Waals surface area (Å²) in [6.45, 7) is 3.03. The molecule has 0 bridgehead atoms. The van der Waals surface area contributed by atoms with Gasteiger partial charge in [-0.3, -0.25) is 9.69 Å². The van der Waals surface area contributed by atoms with E-state index in [0.717, 1.165) is 17.2 Å². The van der Waals surface area contributed by atoms with Crippen LogP contribution in [0.15, 0.2) is 54.6 Å². The first-order chi connectivity index (χ1) is 11.6. The van der Waals surface area contributed by atoms with Gasteiger partial charge in [0.05, 0.1) is 13.2 Å². The van der Waals surface area contributed by atoms with E-state index >= 15 is 0 Å². The second-order valence-corrected chi connectivity index (χ2v) is 5.54. The van der Waals surface area contributed by atoms with Gasteiger partial charge in [-0.15, -0.1) is 0 Å². The van der Waals surface area contributed by atoms with Gasteiger partial charge in [0.1, 0.15) is 18.1 Å². The molecule has 5 heteroatoms. The molecule has 1 atom stereocenters. The second kappa shape index (κ2) is 8.93. The fourth-order valence-electron chi connectivity index (χ4n) is 2.14. The minimum atomic E-state index is -0.246. The molecule has 0 fully saturated rings. The predicted octanol–water partition coefficient (Wildman–Crippen LogP) is 3.03. The molecule has 0 aromatic heterocycles. The van der Waals surface area contributed by atoms with Crippen LogP contribution in [0.25, 0.3) is 0 Å². The third kappa shape index (κ3) is 5.28. The van der Waals surface area contributed by atoms with Gasteiger partial charge < -0.3 is 14.8 Å². The van der Waals surface area contributed by atoms with Crippen LogP contribution in [0.4, 0.5) is 5.69 Å². The number of carbonyl (C=O) groups excluding carboxylic acids is 1. The number of nitrogens with zero attached hydrogens (tertiary/aromatic N) is 1. The predicted molar refractivity (Wildman–Crippen MR) is 95.7 cm³/mol. The van der Waals surface area contributed by atoms with Gasteiger partial charge in [0.2, 0.25) is 5.91 Å². The van der Waals surface area contributed by atoms with E-state index in [-0.39, 0.29) is 11.9 Å². The zero-order valence-electron chi connectivity index (χ0n) is 14.4. The lowest BCUT2D eigenvalue weighted by Gasteiger charge is -2.23. The van der Waals surface area contributed by atoms with Crippen molar-refractivity contribution in [3.63, 3.8) is 0 Å². The van der Waals surface area contributed by atoms with Crippen molar-refractivity contribution in [2.24, 2.45) is 0 Å². The maximum atomic E-state index is 12.3. The molecule has 0 aliphatic heterocycles. The Morgan fingerprint density at radius 1 is 1.08 bits per heavy atom. The van der Waals surface area contributed by atoms with Gasteiger partial charge in [-0.05, 0) is 50.4 Å². The highest BCUT2D eigenvalue weighted by atomic mass is 16.5. The molecule has 0 spiro atoms. The summed E-state index contributed by atoms with van der Waals surface area (Å²) >= 11 is 0. The van der Waals surface area contributed by atoms with Crippen LogP contribution in [0.2, 0.25) is 0 Å². The standard InChI is InChI=1S/C19H24N2O3/c1-15(19(22)20-16-7-5-4-6-8-16)21(2)13-14-24-18-11-9-17(23-3)10-12-18/h4-12,15H,13-14H2,1-3H3,(H,20,22)/t15-/m1/s1. The van der Waals surface area contributed by atoms with E-state index in [9.17, 15) is 4.79 Å². The smallest absolute Gasteiger partial charge is 0.241 e. The number of carbonyl (C=O) groups is 1. The number of anilines is 1. The van der Waals surface area contributed by atoms with Crippen molar-refractivity contribution in [2.45, 2.75) is 13.0 Å². The van der Waals surface area contributed by atoms with E-state index in [1.165, 1.54) is 0 Å². The van der Waals surface area contributed by atoms with Gasteiger partial charge in [-0.1, -0.05) is 18.2 Å². The van der Waals surface area contributed by atoms with Crippen molar-refractivity contribution in [1.82, 2.24) is 4.90 Å². The lowest BCUT2D eigenvalue weighted by molar-refractivity contribution is -0.120. The first-order valence-electron chi connectivity index (χ1n) is 7.93. The number of likely N-dealkylation sites (N-methyl/N-ethyl adjacent to an activating group) is 1. The third-order valence-corrected chi connectivity index (χ3v) is 3.85. The van der Waals surface area contributed by atoms with E-state index in [4.69, 9.17) is 9.47 Å². The van der Waals surface area contributed by atoms with E-state index < -0.39 is 0 Å². The van der Waals surface area contributed by atoms with Crippen molar-refractivity contribution in [2.75, 3.05) is 32.6 Å². The summed E-state index contributed by atoms with van der Waals surface area (Å²) in [4.78, 5) is 14.2. The number of ether oxygens (including phenoxy) is 2. The quantitative estimate of drug-likeness (QED) is 0.809. The Hall–Kier alpha value is -2.53. The molecule has 2 aromatic rings. The summed E-state index contributed by atoms with van der Waals surface area (Å²) in [5.74, 6) is 1.55. The van der Waals surface area contributed by atoms with Crippen LogP contribution >= 0.6 is 0 Å². The number of amides is 1. The molecule has 5 nitrogen and oxygen atoms in total. The van der Waals surface area contributed by atoms with Gasteiger partial charge in [-0.2, -0.15) is 0 Å². The molecule has 0 aliphatic carbocycles. The van der Waals surface area contributed by atoms with Crippen LogP contribution in [0.1, 0.15) is 6.92 Å². The molecular formula is C19H24N2O3. The lowest BCUT2D eigenvalue weighted by atomic mass is 10.2. The largest absolute Gasteiger partial charge is 0.497 e. The SMILES string of the molecule is COc1ccc(OCCN(C)[C@H](C)C(=O)Nc2ccccc2)cc1. The summed E-state index contributed by atoms with van der Waals surface area (Å²) in [6.07, 6.45) is 0. The van der Waals surface area contributed by atoms with E-state index in [1.54, 1.807) is 7.11 Å². The Bertz CT molecular complexity index is 629. The first kappa shape index (κ1) is 17.8. The Kier molecular flexibility index (Phi) is 6.63. The topological polar surface area (TPSA) is 50.8 Å². The Balaban J connectivity index is 1.76. The van der Waals surface area contributed by atoms with Gasteiger partial charge in [0, 0.05) is 12.2 Å². The molecule has 0 saturated heterocycles. The van der Waals surface area contributed by atoms with Gasteiger partial charge in [-0.25, -0.2) is 0 Å². The van der Waals surface area contributed by atoms with Crippen molar-refractivity contribution in [3.8, 4) is 11.5 Å².